The molecule has 0 aliphatic heterocycles. The topological polar surface area (TPSA) is 86.5 Å². The van der Waals surface area contributed by atoms with Gasteiger partial charge in [-0.25, -0.2) is 0 Å². The van der Waals surface area contributed by atoms with Crippen LogP contribution in [0.15, 0.2) is 29.7 Å². The Morgan fingerprint density at radius 3 is 2.81 bits per heavy atom. The number of nitrogens with zero attached hydrogens (tertiary/aromatic N) is 2. The third-order valence-corrected chi connectivity index (χ3v) is 2.15. The number of aromatic amines is 1. The largest absolute Gasteiger partial charge is 1.00 e. The van der Waals surface area contributed by atoms with Crippen LogP contribution in [-0.2, 0) is 0 Å². The molecule has 0 aliphatic rings. The average molecular weight is 229 g/mol. The molecular weight excluding hydrogens is 221 g/mol. The molecule has 0 saturated carbocycles. The van der Waals surface area contributed by atoms with Crippen LogP contribution in [0.25, 0.3) is 10.9 Å². The predicted molar refractivity (Wildman–Crippen MR) is 53.9 cm³/mol. The van der Waals surface area contributed by atoms with E-state index < -0.39 is 0 Å². The molecule has 1 aromatic carbocycles. The van der Waals surface area contributed by atoms with Gasteiger partial charge in [-0.15, -0.1) is 0 Å². The fourth-order valence-corrected chi connectivity index (χ4v) is 1.41. The average Bonchev–Trinajstić information content (AvgIpc) is 2.70. The first-order valence-corrected chi connectivity index (χ1v) is 4.22. The van der Waals surface area contributed by atoms with Gasteiger partial charge in [0.2, 0.25) is 0 Å². The summed E-state index contributed by atoms with van der Waals surface area (Å²) < 4.78 is 5.02. The molecule has 16 heavy (non-hydrogen) atoms. The molecule has 1 heterocycles. The van der Waals surface area contributed by atoms with Gasteiger partial charge in [0, 0.05) is 0 Å². The number of aromatic nitrogens is 1. The molecular formula is C9H8N3NaO3. The van der Waals surface area contributed by atoms with Crippen LogP contribution in [0.2, 0.25) is 0 Å². The number of nitrogens with one attached hydrogen (secondary N) is 1. The molecule has 0 aliphatic carbocycles. The van der Waals surface area contributed by atoms with Gasteiger partial charge in [-0.05, 0) is 23.5 Å². The molecule has 0 atom stereocenters. The van der Waals surface area contributed by atoms with Crippen LogP contribution in [0, 0.1) is 10.4 Å². The van der Waals surface area contributed by atoms with Crippen LogP contribution in [-0.4, -0.2) is 17.0 Å². The zero-order chi connectivity index (χ0) is 10.8. The summed E-state index contributed by atoms with van der Waals surface area (Å²) in [6.07, 6.45) is 1.43. The normalized spacial score (nSPS) is 11.2. The summed E-state index contributed by atoms with van der Waals surface area (Å²) in [5.41, 5.74) is 0.925. The van der Waals surface area contributed by atoms with E-state index in [0.717, 1.165) is 5.52 Å². The number of hydrogen-bond acceptors (Lipinski definition) is 4. The van der Waals surface area contributed by atoms with Gasteiger partial charge in [-0.3, -0.25) is 0 Å². The standard InChI is InChI=1S/C9H9N3O3.Na/c1-15-6-2-3-8-7(4-6)9(5-10-8)12(14)11-13;/h2-5,10,13H,1H3;/q;+1/p-1. The molecule has 2 rings (SSSR count). The number of fused-ring (bicyclic) bond motifs is 1. The first-order chi connectivity index (χ1) is 7.26. The van der Waals surface area contributed by atoms with E-state index in [1.165, 1.54) is 13.3 Å². The second-order valence-corrected chi connectivity index (χ2v) is 2.94. The van der Waals surface area contributed by atoms with Crippen molar-refractivity contribution in [2.24, 2.45) is 5.28 Å². The molecule has 7 heteroatoms. The quantitative estimate of drug-likeness (QED) is 0.319. The third kappa shape index (κ3) is 2.13. The molecule has 0 bridgehead atoms. The Morgan fingerprint density at radius 1 is 1.44 bits per heavy atom. The van der Waals surface area contributed by atoms with E-state index in [2.05, 4.69) is 10.3 Å². The molecule has 2 aromatic rings. The van der Waals surface area contributed by atoms with Crippen LogP contribution in [0.1, 0.15) is 0 Å². The van der Waals surface area contributed by atoms with Gasteiger partial charge in [-0.2, -0.15) is 0 Å². The summed E-state index contributed by atoms with van der Waals surface area (Å²) in [5.74, 6) is 0.614. The van der Waals surface area contributed by atoms with E-state index in [1.54, 1.807) is 18.2 Å². The molecule has 78 valence electrons. The summed E-state index contributed by atoms with van der Waals surface area (Å²) in [4.78, 5) is 2.88. The zero-order valence-corrected chi connectivity index (χ0v) is 10.9. The van der Waals surface area contributed by atoms with Crippen LogP contribution < -0.4 is 34.3 Å². The van der Waals surface area contributed by atoms with Crippen molar-refractivity contribution >= 4 is 16.6 Å². The van der Waals surface area contributed by atoms with Gasteiger partial charge < -0.3 is 20.1 Å². The molecule has 0 fully saturated rings. The first kappa shape index (κ1) is 12.8. The molecule has 0 amide bonds. The first-order valence-electron chi connectivity index (χ1n) is 4.22. The molecule has 6 nitrogen and oxygen atoms in total. The SMILES string of the molecule is COc1ccc2[nH]cc([N+]([O-])=N[O-])c2c1.[Na+]. The maximum absolute atomic E-state index is 11.1. The van der Waals surface area contributed by atoms with Crippen molar-refractivity contribution in [3.63, 3.8) is 0 Å². The fourth-order valence-electron chi connectivity index (χ4n) is 1.41. The monoisotopic (exact) mass is 229 g/mol. The summed E-state index contributed by atoms with van der Waals surface area (Å²) in [6.45, 7) is 0. The Bertz CT molecular complexity index is 524. The molecule has 0 saturated heterocycles. The van der Waals surface area contributed by atoms with Gasteiger partial charge in [0.15, 0.2) is 0 Å². The van der Waals surface area contributed by atoms with Crippen molar-refractivity contribution < 1.29 is 39.2 Å². The summed E-state index contributed by atoms with van der Waals surface area (Å²) in [6, 6.07) is 5.18. The van der Waals surface area contributed by atoms with E-state index in [0.29, 0.717) is 11.1 Å². The van der Waals surface area contributed by atoms with Crippen molar-refractivity contribution in [3.8, 4) is 5.75 Å². The van der Waals surface area contributed by atoms with Gasteiger partial charge in [0.05, 0.1) is 24.2 Å². The third-order valence-electron chi connectivity index (χ3n) is 2.15. The van der Waals surface area contributed by atoms with E-state index in [-0.39, 0.29) is 40.1 Å². The van der Waals surface area contributed by atoms with Gasteiger partial charge in [0.25, 0.3) is 5.69 Å². The van der Waals surface area contributed by atoms with E-state index >= 15 is 0 Å². The maximum Gasteiger partial charge on any atom is 1.00 e. The molecule has 1 N–H and O–H groups in total. The van der Waals surface area contributed by atoms with Crippen LogP contribution in [0.4, 0.5) is 5.69 Å². The Morgan fingerprint density at radius 2 is 2.19 bits per heavy atom. The minimum absolute atomic E-state index is 0. The second kappa shape index (κ2) is 5.20. The molecule has 0 radical (unpaired) electrons. The molecule has 1 aromatic heterocycles. The fraction of sp³-hybridized carbons (Fsp3) is 0.111. The van der Waals surface area contributed by atoms with E-state index in [9.17, 15) is 10.4 Å². The number of benzene rings is 1. The van der Waals surface area contributed by atoms with Gasteiger partial charge in [0.1, 0.15) is 5.75 Å². The van der Waals surface area contributed by atoms with E-state index in [4.69, 9.17) is 4.74 Å². The van der Waals surface area contributed by atoms with E-state index in [1.807, 2.05) is 0 Å². The van der Waals surface area contributed by atoms with Crippen molar-refractivity contribution in [2.45, 2.75) is 0 Å². The minimum Gasteiger partial charge on any atom is -0.739 e. The van der Waals surface area contributed by atoms with Crippen molar-refractivity contribution in [2.75, 3.05) is 7.11 Å². The minimum atomic E-state index is 0. The predicted octanol–water partition coefficient (Wildman–Crippen LogP) is -0.728. The van der Waals surface area contributed by atoms with Crippen molar-refractivity contribution in [1.82, 2.24) is 4.98 Å². The van der Waals surface area contributed by atoms with Crippen LogP contribution in [0.5, 0.6) is 5.75 Å². The maximum atomic E-state index is 11.1. The van der Waals surface area contributed by atoms with Gasteiger partial charge >= 0.3 is 29.6 Å². The summed E-state index contributed by atoms with van der Waals surface area (Å²) >= 11 is 0. The second-order valence-electron chi connectivity index (χ2n) is 2.94. The summed E-state index contributed by atoms with van der Waals surface area (Å²) in [5, 5.41) is 24.1. The number of methoxy groups -OCH3 is 1. The van der Waals surface area contributed by atoms with Crippen LogP contribution >= 0.6 is 0 Å². The van der Waals surface area contributed by atoms with Crippen molar-refractivity contribution in [1.29, 1.82) is 0 Å². The Labute approximate surface area is 113 Å². The zero-order valence-electron chi connectivity index (χ0n) is 8.93. The number of H-pyrrole nitrogens is 1. The number of rotatable bonds is 2. The Kier molecular flexibility index (Phi) is 4.17. The van der Waals surface area contributed by atoms with Gasteiger partial charge in [-0.1, -0.05) is 4.86 Å². The van der Waals surface area contributed by atoms with Crippen molar-refractivity contribution in [3.05, 3.63) is 34.8 Å². The molecule has 0 unspecified atom stereocenters. The Balaban J connectivity index is 0.00000128. The van der Waals surface area contributed by atoms with Crippen LogP contribution in [0.3, 0.4) is 0 Å². The number of ether oxygens (including phenoxy) is 1. The molecule has 0 spiro atoms. The number of hydrogen-bond donors (Lipinski definition) is 1. The Hall–Kier alpha value is -1.24. The summed E-state index contributed by atoms with van der Waals surface area (Å²) in [7, 11) is 1.53. The smallest absolute Gasteiger partial charge is 0.739 e.